The summed E-state index contributed by atoms with van der Waals surface area (Å²) in [5.41, 5.74) is 3.95. The number of piperazine rings is 1. The molecule has 2 fully saturated rings. The first-order chi connectivity index (χ1) is 12.2. The van der Waals surface area contributed by atoms with Gasteiger partial charge in [-0.2, -0.15) is 5.26 Å². The second-order valence-electron chi connectivity index (χ2n) is 6.59. The summed E-state index contributed by atoms with van der Waals surface area (Å²) in [5.74, 6) is 0.234. The molecule has 126 valence electrons. The van der Waals surface area contributed by atoms with Crippen molar-refractivity contribution in [3.05, 3.63) is 59.7 Å². The van der Waals surface area contributed by atoms with Crippen LogP contribution in [0.4, 0.5) is 0 Å². The number of aliphatic hydroxyl groups is 1. The predicted molar refractivity (Wildman–Crippen MR) is 93.7 cm³/mol. The lowest BCUT2D eigenvalue weighted by molar-refractivity contribution is -0.153. The Balaban J connectivity index is 1.57. The highest BCUT2D eigenvalue weighted by atomic mass is 16.3. The maximum atomic E-state index is 12.0. The Hall–Kier alpha value is -2.68. The van der Waals surface area contributed by atoms with Crippen LogP contribution in [0.2, 0.25) is 0 Å². The molecule has 0 radical (unpaired) electrons. The van der Waals surface area contributed by atoms with Crippen LogP contribution in [-0.4, -0.2) is 47.7 Å². The average molecular weight is 333 g/mol. The fourth-order valence-electron chi connectivity index (χ4n) is 4.04. The Bertz CT molecular complexity index is 818. The van der Waals surface area contributed by atoms with E-state index < -0.39 is 0 Å². The number of nitrogens with one attached hydrogen (secondary N) is 1. The summed E-state index contributed by atoms with van der Waals surface area (Å²) in [7, 11) is 0. The van der Waals surface area contributed by atoms with Gasteiger partial charge >= 0.3 is 0 Å². The average Bonchev–Trinajstić information content (AvgIpc) is 2.64. The van der Waals surface area contributed by atoms with Crippen LogP contribution >= 0.6 is 0 Å². The van der Waals surface area contributed by atoms with Crippen LogP contribution in [0.15, 0.2) is 48.5 Å². The minimum atomic E-state index is -0.125. The number of aliphatic hydroxyl groups excluding tert-OH is 1. The van der Waals surface area contributed by atoms with Crippen molar-refractivity contribution in [1.29, 1.82) is 5.26 Å². The molecule has 0 aliphatic carbocycles. The maximum Gasteiger partial charge on any atom is 0.237 e. The first kappa shape index (κ1) is 15.8. The Morgan fingerprint density at radius 1 is 1.12 bits per heavy atom. The zero-order valence-corrected chi connectivity index (χ0v) is 13.7. The van der Waals surface area contributed by atoms with E-state index in [1.54, 1.807) is 0 Å². The molecule has 2 saturated heterocycles. The van der Waals surface area contributed by atoms with E-state index in [1.807, 2.05) is 29.2 Å². The van der Waals surface area contributed by atoms with Gasteiger partial charge in [0.1, 0.15) is 0 Å². The molecule has 2 aliphatic rings. The van der Waals surface area contributed by atoms with Crippen molar-refractivity contribution in [3.8, 4) is 17.2 Å². The molecule has 0 aromatic heterocycles. The van der Waals surface area contributed by atoms with E-state index in [-0.39, 0.29) is 30.5 Å². The molecular weight excluding hydrogens is 314 g/mol. The molecule has 0 bridgehead atoms. The van der Waals surface area contributed by atoms with Crippen LogP contribution in [-0.2, 0) is 4.79 Å². The number of fused-ring (bicyclic) bond motifs is 1. The minimum absolute atomic E-state index is 0.00964. The highest BCUT2D eigenvalue weighted by Crippen LogP contribution is 2.41. The molecule has 5 nitrogen and oxygen atoms in total. The number of hydrogen-bond donors (Lipinski definition) is 2. The molecule has 0 spiro atoms. The molecule has 25 heavy (non-hydrogen) atoms. The largest absolute Gasteiger partial charge is 0.394 e. The van der Waals surface area contributed by atoms with E-state index >= 15 is 0 Å². The predicted octanol–water partition coefficient (Wildman–Crippen LogP) is 1.48. The van der Waals surface area contributed by atoms with Crippen molar-refractivity contribution in [3.63, 3.8) is 0 Å². The van der Waals surface area contributed by atoms with Crippen LogP contribution in [0.1, 0.15) is 17.0 Å². The number of nitriles is 1. The first-order valence-corrected chi connectivity index (χ1v) is 8.46. The number of benzene rings is 2. The van der Waals surface area contributed by atoms with Gasteiger partial charge < -0.3 is 15.3 Å². The summed E-state index contributed by atoms with van der Waals surface area (Å²) < 4.78 is 0. The first-order valence-electron chi connectivity index (χ1n) is 8.46. The third kappa shape index (κ3) is 2.60. The summed E-state index contributed by atoms with van der Waals surface area (Å²) >= 11 is 0. The number of hydrogen-bond acceptors (Lipinski definition) is 4. The minimum Gasteiger partial charge on any atom is -0.394 e. The number of nitrogens with zero attached hydrogens (tertiary/aromatic N) is 2. The lowest BCUT2D eigenvalue weighted by atomic mass is 9.74. The van der Waals surface area contributed by atoms with E-state index in [1.165, 1.54) is 0 Å². The molecule has 2 heterocycles. The van der Waals surface area contributed by atoms with Crippen molar-refractivity contribution < 1.29 is 9.90 Å². The van der Waals surface area contributed by atoms with E-state index in [0.29, 0.717) is 12.1 Å². The van der Waals surface area contributed by atoms with Crippen molar-refractivity contribution >= 4 is 5.91 Å². The molecule has 5 heteroatoms. The van der Waals surface area contributed by atoms with Crippen LogP contribution in [0.25, 0.3) is 11.1 Å². The molecule has 2 N–H and O–H groups in total. The van der Waals surface area contributed by atoms with Crippen molar-refractivity contribution in [2.75, 3.05) is 19.7 Å². The Morgan fingerprint density at radius 2 is 1.76 bits per heavy atom. The van der Waals surface area contributed by atoms with Gasteiger partial charge in [0, 0.05) is 12.5 Å². The third-order valence-electron chi connectivity index (χ3n) is 5.29. The molecule has 0 unspecified atom stereocenters. The summed E-state index contributed by atoms with van der Waals surface area (Å²) in [4.78, 5) is 13.9. The Labute approximate surface area is 146 Å². The Kier molecular flexibility index (Phi) is 4.00. The lowest BCUT2D eigenvalue weighted by Gasteiger charge is -2.57. The number of rotatable bonds is 3. The van der Waals surface area contributed by atoms with Crippen LogP contribution in [0.3, 0.4) is 0 Å². The molecule has 3 atom stereocenters. The van der Waals surface area contributed by atoms with Gasteiger partial charge in [-0.3, -0.25) is 4.79 Å². The van der Waals surface area contributed by atoms with E-state index in [0.717, 1.165) is 23.2 Å². The standard InChI is InChI=1S/C20H19N3O2/c21-9-13-1-3-14(4-2-13)15-5-7-16(8-6-15)20-17-10-22-11-19(25)23(17)18(20)12-24/h1-8,17-18,20,22,24H,10-12H2/t17-,18-,20+/m1/s1. The van der Waals surface area contributed by atoms with Crippen molar-refractivity contribution in [1.82, 2.24) is 10.2 Å². The van der Waals surface area contributed by atoms with Gasteiger partial charge in [0.05, 0.1) is 36.9 Å². The highest BCUT2D eigenvalue weighted by Gasteiger charge is 2.52. The molecule has 2 aromatic rings. The fourth-order valence-corrected chi connectivity index (χ4v) is 4.04. The fraction of sp³-hybridized carbons (Fsp3) is 0.300. The summed E-state index contributed by atoms with van der Waals surface area (Å²) in [6.07, 6.45) is 0. The Morgan fingerprint density at radius 3 is 2.36 bits per heavy atom. The second-order valence-corrected chi connectivity index (χ2v) is 6.59. The number of carbonyl (C=O) groups excluding carboxylic acids is 1. The van der Waals surface area contributed by atoms with Crippen LogP contribution in [0.5, 0.6) is 0 Å². The summed E-state index contributed by atoms with van der Waals surface area (Å²) in [6.45, 7) is 1.12. The maximum absolute atomic E-state index is 12.0. The second kappa shape index (κ2) is 6.32. The number of amides is 1. The van der Waals surface area contributed by atoms with Gasteiger partial charge in [0.25, 0.3) is 0 Å². The lowest BCUT2D eigenvalue weighted by Crippen LogP contribution is -2.72. The molecule has 2 aliphatic heterocycles. The van der Waals surface area contributed by atoms with Gasteiger partial charge in [0.2, 0.25) is 5.91 Å². The summed E-state index contributed by atoms with van der Waals surface area (Å²) in [6, 6.07) is 17.9. The number of carbonyl (C=O) groups is 1. The SMILES string of the molecule is N#Cc1ccc(-c2ccc([C@@H]3[C@@H](CO)N4C(=O)CNC[C@H]34)cc2)cc1. The van der Waals surface area contributed by atoms with Gasteiger partial charge in [-0.15, -0.1) is 0 Å². The molecular formula is C20H19N3O2. The van der Waals surface area contributed by atoms with Crippen LogP contribution in [0, 0.1) is 11.3 Å². The van der Waals surface area contributed by atoms with E-state index in [2.05, 4.69) is 35.7 Å². The van der Waals surface area contributed by atoms with Gasteiger partial charge in [-0.1, -0.05) is 36.4 Å². The normalized spacial score (nSPS) is 25.0. The summed E-state index contributed by atoms with van der Waals surface area (Å²) in [5, 5.41) is 21.8. The molecule has 2 aromatic carbocycles. The zero-order valence-electron chi connectivity index (χ0n) is 13.7. The third-order valence-corrected chi connectivity index (χ3v) is 5.29. The van der Waals surface area contributed by atoms with Crippen molar-refractivity contribution in [2.45, 2.75) is 18.0 Å². The molecule has 4 rings (SSSR count). The molecule has 1 amide bonds. The van der Waals surface area contributed by atoms with Gasteiger partial charge in [0.15, 0.2) is 0 Å². The van der Waals surface area contributed by atoms with Crippen molar-refractivity contribution in [2.24, 2.45) is 0 Å². The van der Waals surface area contributed by atoms with Crippen LogP contribution < -0.4 is 5.32 Å². The topological polar surface area (TPSA) is 76.4 Å². The monoisotopic (exact) mass is 333 g/mol. The zero-order chi connectivity index (χ0) is 17.4. The molecule has 0 saturated carbocycles. The van der Waals surface area contributed by atoms with E-state index in [4.69, 9.17) is 5.26 Å². The van der Waals surface area contributed by atoms with Gasteiger partial charge in [-0.05, 0) is 28.8 Å². The quantitative estimate of drug-likeness (QED) is 0.892. The van der Waals surface area contributed by atoms with Gasteiger partial charge in [-0.25, -0.2) is 0 Å². The smallest absolute Gasteiger partial charge is 0.237 e. The highest BCUT2D eigenvalue weighted by molar-refractivity contribution is 5.81. The van der Waals surface area contributed by atoms with E-state index in [9.17, 15) is 9.90 Å².